The van der Waals surface area contributed by atoms with Crippen LogP contribution < -0.4 is 9.47 Å². The SMILES string of the molecule is CCN(C(=O)COc1ccc2c(c1)OCC2=NO)C1CC1. The molecule has 0 unspecified atom stereocenters. The summed E-state index contributed by atoms with van der Waals surface area (Å²) in [5.41, 5.74) is 1.25. The molecule has 0 saturated heterocycles. The van der Waals surface area contributed by atoms with Gasteiger partial charge in [0.15, 0.2) is 6.61 Å². The van der Waals surface area contributed by atoms with E-state index in [0.717, 1.165) is 24.9 Å². The monoisotopic (exact) mass is 290 g/mol. The number of oxime groups is 1. The normalized spacial score (nSPS) is 18.2. The highest BCUT2D eigenvalue weighted by molar-refractivity contribution is 6.06. The van der Waals surface area contributed by atoms with Gasteiger partial charge < -0.3 is 19.6 Å². The molecule has 3 rings (SSSR count). The number of amides is 1. The second-order valence-electron chi connectivity index (χ2n) is 5.19. The molecule has 0 spiro atoms. The molecule has 1 N–H and O–H groups in total. The Balaban J connectivity index is 1.62. The van der Waals surface area contributed by atoms with Gasteiger partial charge in [0, 0.05) is 24.2 Å². The fourth-order valence-electron chi connectivity index (χ4n) is 2.51. The lowest BCUT2D eigenvalue weighted by Crippen LogP contribution is -2.36. The maximum absolute atomic E-state index is 12.1. The Morgan fingerprint density at radius 1 is 1.52 bits per heavy atom. The Morgan fingerprint density at radius 2 is 2.33 bits per heavy atom. The molecule has 1 aromatic rings. The minimum atomic E-state index is 0.0130. The molecule has 6 heteroatoms. The van der Waals surface area contributed by atoms with E-state index in [1.54, 1.807) is 18.2 Å². The van der Waals surface area contributed by atoms with E-state index in [2.05, 4.69) is 5.16 Å². The lowest BCUT2D eigenvalue weighted by atomic mass is 10.1. The predicted molar refractivity (Wildman–Crippen MR) is 76.2 cm³/mol. The van der Waals surface area contributed by atoms with Crippen LogP contribution in [0.1, 0.15) is 25.3 Å². The van der Waals surface area contributed by atoms with Gasteiger partial charge in [-0.25, -0.2) is 0 Å². The number of likely N-dealkylation sites (N-methyl/N-ethyl adjacent to an activating group) is 1. The number of fused-ring (bicyclic) bond motifs is 1. The molecule has 1 heterocycles. The molecule has 1 aliphatic carbocycles. The van der Waals surface area contributed by atoms with E-state index in [9.17, 15) is 4.79 Å². The fourth-order valence-corrected chi connectivity index (χ4v) is 2.51. The van der Waals surface area contributed by atoms with Gasteiger partial charge in [0.1, 0.15) is 23.8 Å². The zero-order valence-electron chi connectivity index (χ0n) is 11.9. The van der Waals surface area contributed by atoms with Crippen LogP contribution in [0.2, 0.25) is 0 Å². The van der Waals surface area contributed by atoms with Crippen molar-refractivity contribution >= 4 is 11.6 Å². The van der Waals surface area contributed by atoms with Crippen LogP contribution in [0.5, 0.6) is 11.5 Å². The summed E-state index contributed by atoms with van der Waals surface area (Å²) in [5, 5.41) is 12.0. The van der Waals surface area contributed by atoms with E-state index in [0.29, 0.717) is 23.3 Å². The highest BCUT2D eigenvalue weighted by Gasteiger charge is 2.31. The van der Waals surface area contributed by atoms with Crippen LogP contribution in [-0.2, 0) is 4.79 Å². The van der Waals surface area contributed by atoms with Crippen LogP contribution in [-0.4, -0.2) is 47.5 Å². The van der Waals surface area contributed by atoms with Crippen LogP contribution in [0.3, 0.4) is 0 Å². The van der Waals surface area contributed by atoms with Crippen molar-refractivity contribution in [3.05, 3.63) is 23.8 Å². The van der Waals surface area contributed by atoms with Crippen molar-refractivity contribution in [3.63, 3.8) is 0 Å². The van der Waals surface area contributed by atoms with Crippen LogP contribution >= 0.6 is 0 Å². The van der Waals surface area contributed by atoms with Crippen molar-refractivity contribution in [1.29, 1.82) is 0 Å². The number of hydrogen-bond acceptors (Lipinski definition) is 5. The summed E-state index contributed by atoms with van der Waals surface area (Å²) in [6.45, 7) is 2.98. The zero-order chi connectivity index (χ0) is 14.8. The summed E-state index contributed by atoms with van der Waals surface area (Å²) >= 11 is 0. The Bertz CT molecular complexity index is 581. The molecule has 1 saturated carbocycles. The third-order valence-electron chi connectivity index (χ3n) is 3.76. The molecule has 1 fully saturated rings. The van der Waals surface area contributed by atoms with Gasteiger partial charge in [-0.3, -0.25) is 4.79 Å². The van der Waals surface area contributed by atoms with Gasteiger partial charge in [-0.1, -0.05) is 5.16 Å². The second kappa shape index (κ2) is 5.63. The molecular weight excluding hydrogens is 272 g/mol. The summed E-state index contributed by atoms with van der Waals surface area (Å²) < 4.78 is 10.9. The molecule has 1 aliphatic heterocycles. The third kappa shape index (κ3) is 2.79. The van der Waals surface area contributed by atoms with Crippen molar-refractivity contribution in [3.8, 4) is 11.5 Å². The Hall–Kier alpha value is -2.24. The molecule has 0 aromatic heterocycles. The zero-order valence-corrected chi connectivity index (χ0v) is 11.9. The third-order valence-corrected chi connectivity index (χ3v) is 3.76. The molecule has 21 heavy (non-hydrogen) atoms. The first-order valence-corrected chi connectivity index (χ1v) is 7.13. The summed E-state index contributed by atoms with van der Waals surface area (Å²) in [6, 6.07) is 5.64. The number of benzene rings is 1. The van der Waals surface area contributed by atoms with E-state index in [4.69, 9.17) is 14.7 Å². The van der Waals surface area contributed by atoms with Gasteiger partial charge >= 0.3 is 0 Å². The minimum absolute atomic E-state index is 0.0130. The lowest BCUT2D eigenvalue weighted by Gasteiger charge is -2.20. The second-order valence-corrected chi connectivity index (χ2v) is 5.19. The molecule has 0 bridgehead atoms. The quantitative estimate of drug-likeness (QED) is 0.661. The first kappa shape index (κ1) is 13.7. The smallest absolute Gasteiger partial charge is 0.260 e. The molecule has 6 nitrogen and oxygen atoms in total. The topological polar surface area (TPSA) is 71.4 Å². The highest BCUT2D eigenvalue weighted by atomic mass is 16.5. The van der Waals surface area contributed by atoms with Crippen molar-refractivity contribution in [2.45, 2.75) is 25.8 Å². The molecule has 0 atom stereocenters. The minimum Gasteiger partial charge on any atom is -0.486 e. The first-order chi connectivity index (χ1) is 10.2. The van der Waals surface area contributed by atoms with Crippen LogP contribution in [0.4, 0.5) is 0 Å². The molecule has 112 valence electrons. The van der Waals surface area contributed by atoms with Crippen molar-refractivity contribution in [2.75, 3.05) is 19.8 Å². The molecule has 1 aromatic carbocycles. The number of ether oxygens (including phenoxy) is 2. The van der Waals surface area contributed by atoms with Crippen LogP contribution in [0.15, 0.2) is 23.4 Å². The van der Waals surface area contributed by atoms with E-state index >= 15 is 0 Å². The average Bonchev–Trinajstić information content (AvgIpc) is 3.25. The van der Waals surface area contributed by atoms with E-state index < -0.39 is 0 Å². The van der Waals surface area contributed by atoms with E-state index in [1.807, 2.05) is 11.8 Å². The molecular formula is C15H18N2O4. The summed E-state index contributed by atoms with van der Waals surface area (Å²) in [4.78, 5) is 13.9. The van der Waals surface area contributed by atoms with E-state index in [-0.39, 0.29) is 19.1 Å². The van der Waals surface area contributed by atoms with Gasteiger partial charge in [0.25, 0.3) is 5.91 Å². The van der Waals surface area contributed by atoms with Crippen molar-refractivity contribution in [1.82, 2.24) is 4.90 Å². The van der Waals surface area contributed by atoms with Gasteiger partial charge in [0.2, 0.25) is 0 Å². The predicted octanol–water partition coefficient (Wildman–Crippen LogP) is 1.65. The Kier molecular flexibility index (Phi) is 3.68. The summed E-state index contributed by atoms with van der Waals surface area (Å²) in [7, 11) is 0. The molecule has 2 aliphatic rings. The first-order valence-electron chi connectivity index (χ1n) is 7.13. The van der Waals surface area contributed by atoms with Gasteiger partial charge in [-0.2, -0.15) is 0 Å². The van der Waals surface area contributed by atoms with E-state index in [1.165, 1.54) is 0 Å². The number of carbonyl (C=O) groups excluding carboxylic acids is 1. The fraction of sp³-hybridized carbons (Fsp3) is 0.467. The summed E-state index contributed by atoms with van der Waals surface area (Å²) in [5.74, 6) is 1.20. The number of nitrogens with zero attached hydrogens (tertiary/aromatic N) is 2. The maximum Gasteiger partial charge on any atom is 0.260 e. The standard InChI is InChI=1S/C15H18N2O4/c1-2-17(10-3-4-10)15(18)9-20-11-5-6-12-13(16-19)8-21-14(12)7-11/h5-7,10,19H,2-4,8-9H2,1H3. The van der Waals surface area contributed by atoms with Gasteiger partial charge in [0.05, 0.1) is 0 Å². The lowest BCUT2D eigenvalue weighted by molar-refractivity contribution is -0.133. The molecule has 0 radical (unpaired) electrons. The Morgan fingerprint density at radius 3 is 3.00 bits per heavy atom. The number of hydrogen-bond donors (Lipinski definition) is 1. The van der Waals surface area contributed by atoms with Crippen molar-refractivity contribution < 1.29 is 19.5 Å². The van der Waals surface area contributed by atoms with Crippen LogP contribution in [0.25, 0.3) is 0 Å². The highest BCUT2D eigenvalue weighted by Crippen LogP contribution is 2.30. The Labute approximate surface area is 122 Å². The van der Waals surface area contributed by atoms with Crippen LogP contribution in [0, 0.1) is 0 Å². The largest absolute Gasteiger partial charge is 0.486 e. The average molecular weight is 290 g/mol. The number of rotatable bonds is 5. The molecule has 1 amide bonds. The van der Waals surface area contributed by atoms with Gasteiger partial charge in [-0.15, -0.1) is 0 Å². The van der Waals surface area contributed by atoms with Gasteiger partial charge in [-0.05, 0) is 31.9 Å². The van der Waals surface area contributed by atoms with Crippen molar-refractivity contribution in [2.24, 2.45) is 5.16 Å². The maximum atomic E-state index is 12.1. The number of carbonyl (C=O) groups is 1. The summed E-state index contributed by atoms with van der Waals surface area (Å²) in [6.07, 6.45) is 2.19.